The second-order valence-electron chi connectivity index (χ2n) is 4.99. The Morgan fingerprint density at radius 2 is 1.74 bits per heavy atom. The minimum atomic E-state index is -3.73. The molecule has 2 N–H and O–H groups in total. The van der Waals surface area contributed by atoms with Crippen molar-refractivity contribution >= 4 is 26.5 Å². The maximum atomic E-state index is 12.5. The van der Waals surface area contributed by atoms with Crippen LogP contribution in [0.1, 0.15) is 0 Å². The normalized spacial score (nSPS) is 11.3. The summed E-state index contributed by atoms with van der Waals surface area (Å²) in [6.07, 6.45) is 0. The number of aromatic hydroxyl groups is 1. The smallest absolute Gasteiger partial charge is 0.261 e. The van der Waals surface area contributed by atoms with E-state index in [4.69, 9.17) is 4.74 Å². The second kappa shape index (κ2) is 5.81. The van der Waals surface area contributed by atoms with Gasteiger partial charge in [-0.3, -0.25) is 4.72 Å². The summed E-state index contributed by atoms with van der Waals surface area (Å²) in [6.45, 7) is 0. The van der Waals surface area contributed by atoms with Gasteiger partial charge in [0.15, 0.2) is 0 Å². The number of hydrogen-bond donors (Lipinski definition) is 2. The highest BCUT2D eigenvalue weighted by molar-refractivity contribution is 7.92. The monoisotopic (exact) mass is 329 g/mol. The van der Waals surface area contributed by atoms with Crippen LogP contribution in [-0.2, 0) is 10.0 Å². The first-order chi connectivity index (χ1) is 11.0. The first-order valence-electron chi connectivity index (χ1n) is 6.88. The van der Waals surface area contributed by atoms with Gasteiger partial charge in [-0.05, 0) is 47.9 Å². The zero-order chi connectivity index (χ0) is 16.4. The molecule has 118 valence electrons. The average molecular weight is 329 g/mol. The van der Waals surface area contributed by atoms with Gasteiger partial charge in [0.1, 0.15) is 11.5 Å². The molecule has 0 atom stereocenters. The lowest BCUT2D eigenvalue weighted by molar-refractivity contribution is 0.414. The molecule has 0 aliphatic carbocycles. The number of rotatable bonds is 4. The molecule has 3 aromatic rings. The van der Waals surface area contributed by atoms with Gasteiger partial charge in [-0.15, -0.1) is 0 Å². The molecule has 0 fully saturated rings. The molecule has 0 radical (unpaired) electrons. The van der Waals surface area contributed by atoms with Crippen LogP contribution in [0.15, 0.2) is 65.6 Å². The summed E-state index contributed by atoms with van der Waals surface area (Å²) in [7, 11) is -2.21. The van der Waals surface area contributed by atoms with E-state index < -0.39 is 10.0 Å². The molecule has 0 spiro atoms. The highest BCUT2D eigenvalue weighted by Crippen LogP contribution is 2.29. The predicted octanol–water partition coefficient (Wildman–Crippen LogP) is 3.35. The number of hydrogen-bond acceptors (Lipinski definition) is 4. The Balaban J connectivity index is 2.01. The van der Waals surface area contributed by atoms with Crippen LogP contribution in [-0.4, -0.2) is 20.6 Å². The molecule has 0 saturated carbocycles. The number of phenolic OH excluding ortho intramolecular Hbond substituents is 1. The maximum Gasteiger partial charge on any atom is 0.261 e. The molecular weight excluding hydrogens is 314 g/mol. The lowest BCUT2D eigenvalue weighted by Crippen LogP contribution is -2.13. The molecule has 5 nitrogen and oxygen atoms in total. The van der Waals surface area contributed by atoms with Crippen molar-refractivity contribution in [1.29, 1.82) is 0 Å². The second-order valence-corrected chi connectivity index (χ2v) is 6.67. The molecule has 0 amide bonds. The van der Waals surface area contributed by atoms with E-state index in [1.165, 1.54) is 25.3 Å². The zero-order valence-corrected chi connectivity index (χ0v) is 13.2. The number of sulfonamides is 1. The molecule has 3 rings (SSSR count). The lowest BCUT2D eigenvalue weighted by Gasteiger charge is -2.11. The molecule has 6 heteroatoms. The van der Waals surface area contributed by atoms with Gasteiger partial charge in [-0.25, -0.2) is 8.42 Å². The van der Waals surface area contributed by atoms with Crippen LogP contribution in [0.2, 0.25) is 0 Å². The number of fused-ring (bicyclic) bond motifs is 1. The van der Waals surface area contributed by atoms with Crippen LogP contribution in [0.5, 0.6) is 11.5 Å². The van der Waals surface area contributed by atoms with Crippen molar-refractivity contribution in [2.75, 3.05) is 11.8 Å². The van der Waals surface area contributed by atoms with E-state index in [0.717, 1.165) is 5.39 Å². The standard InChI is InChI=1S/C17H15NO4S/c1-22-14-7-9-15(10-8-14)23(20,21)18-17-4-2-3-12-5-6-13(19)11-16(12)17/h2-11,18-19H,1H3. The van der Waals surface area contributed by atoms with E-state index in [1.807, 2.05) is 6.07 Å². The Kier molecular flexibility index (Phi) is 3.83. The number of benzene rings is 3. The van der Waals surface area contributed by atoms with E-state index >= 15 is 0 Å². The number of nitrogens with one attached hydrogen (secondary N) is 1. The maximum absolute atomic E-state index is 12.5. The quantitative estimate of drug-likeness (QED) is 0.769. The number of phenols is 1. The third kappa shape index (κ3) is 3.07. The first-order valence-corrected chi connectivity index (χ1v) is 8.36. The zero-order valence-electron chi connectivity index (χ0n) is 12.4. The molecule has 3 aromatic carbocycles. The largest absolute Gasteiger partial charge is 0.508 e. The summed E-state index contributed by atoms with van der Waals surface area (Å²) < 4.78 is 32.6. The van der Waals surface area contributed by atoms with E-state index in [2.05, 4.69) is 4.72 Å². The highest BCUT2D eigenvalue weighted by Gasteiger charge is 2.15. The van der Waals surface area contributed by atoms with Crippen molar-refractivity contribution in [3.8, 4) is 11.5 Å². The van der Waals surface area contributed by atoms with Crippen LogP contribution < -0.4 is 9.46 Å². The van der Waals surface area contributed by atoms with Crippen molar-refractivity contribution in [2.45, 2.75) is 4.90 Å². The van der Waals surface area contributed by atoms with Gasteiger partial charge in [0.25, 0.3) is 10.0 Å². The van der Waals surface area contributed by atoms with E-state index in [9.17, 15) is 13.5 Å². The molecular formula is C17H15NO4S. The van der Waals surface area contributed by atoms with Crippen LogP contribution in [0.25, 0.3) is 10.8 Å². The van der Waals surface area contributed by atoms with E-state index in [1.54, 1.807) is 36.4 Å². The van der Waals surface area contributed by atoms with Crippen molar-refractivity contribution in [2.24, 2.45) is 0 Å². The molecule has 23 heavy (non-hydrogen) atoms. The Morgan fingerprint density at radius 1 is 1.00 bits per heavy atom. The molecule has 0 aliphatic heterocycles. The SMILES string of the molecule is COc1ccc(S(=O)(=O)Nc2cccc3ccc(O)cc23)cc1. The number of ether oxygens (including phenoxy) is 1. The van der Waals surface area contributed by atoms with Crippen LogP contribution in [0.4, 0.5) is 5.69 Å². The number of methoxy groups -OCH3 is 1. The highest BCUT2D eigenvalue weighted by atomic mass is 32.2. The summed E-state index contributed by atoms with van der Waals surface area (Å²) in [5.41, 5.74) is 0.411. The summed E-state index contributed by atoms with van der Waals surface area (Å²) in [6, 6.07) is 16.2. The summed E-state index contributed by atoms with van der Waals surface area (Å²) >= 11 is 0. The Bertz CT molecular complexity index is 950. The van der Waals surface area contributed by atoms with Crippen LogP contribution in [0, 0.1) is 0 Å². The van der Waals surface area contributed by atoms with Gasteiger partial charge in [0.05, 0.1) is 17.7 Å². The third-order valence-electron chi connectivity index (χ3n) is 3.48. The van der Waals surface area contributed by atoms with E-state index in [-0.39, 0.29) is 10.6 Å². The van der Waals surface area contributed by atoms with Crippen molar-refractivity contribution < 1.29 is 18.3 Å². The molecule has 0 aromatic heterocycles. The van der Waals surface area contributed by atoms with E-state index in [0.29, 0.717) is 16.8 Å². The Hall–Kier alpha value is -2.73. The Labute approximate surface area is 134 Å². The summed E-state index contributed by atoms with van der Waals surface area (Å²) in [5.74, 6) is 0.660. The fourth-order valence-electron chi connectivity index (χ4n) is 2.31. The molecule has 0 saturated heterocycles. The topological polar surface area (TPSA) is 75.6 Å². The fourth-order valence-corrected chi connectivity index (χ4v) is 3.39. The van der Waals surface area contributed by atoms with Gasteiger partial charge in [0, 0.05) is 5.39 Å². The average Bonchev–Trinajstić information content (AvgIpc) is 2.55. The predicted molar refractivity (Wildman–Crippen MR) is 89.4 cm³/mol. The number of anilines is 1. The van der Waals surface area contributed by atoms with Crippen molar-refractivity contribution in [3.63, 3.8) is 0 Å². The fraction of sp³-hybridized carbons (Fsp3) is 0.0588. The summed E-state index contributed by atoms with van der Waals surface area (Å²) in [4.78, 5) is 0.135. The van der Waals surface area contributed by atoms with Gasteiger partial charge in [-0.1, -0.05) is 18.2 Å². The first kappa shape index (κ1) is 15.2. The van der Waals surface area contributed by atoms with Crippen molar-refractivity contribution in [1.82, 2.24) is 0 Å². The minimum Gasteiger partial charge on any atom is -0.508 e. The molecule has 0 unspecified atom stereocenters. The van der Waals surface area contributed by atoms with Gasteiger partial charge >= 0.3 is 0 Å². The summed E-state index contributed by atoms with van der Waals surface area (Å²) in [5, 5.41) is 11.1. The van der Waals surface area contributed by atoms with Crippen molar-refractivity contribution in [3.05, 3.63) is 60.7 Å². The lowest BCUT2D eigenvalue weighted by atomic mass is 10.1. The van der Waals surface area contributed by atoms with Crippen LogP contribution in [0.3, 0.4) is 0 Å². The molecule has 0 bridgehead atoms. The molecule has 0 aliphatic rings. The van der Waals surface area contributed by atoms with Crippen LogP contribution >= 0.6 is 0 Å². The minimum absolute atomic E-state index is 0.0774. The van der Waals surface area contributed by atoms with Gasteiger partial charge in [0.2, 0.25) is 0 Å². The van der Waals surface area contributed by atoms with Gasteiger partial charge in [-0.2, -0.15) is 0 Å². The van der Waals surface area contributed by atoms with Gasteiger partial charge < -0.3 is 9.84 Å². The third-order valence-corrected chi connectivity index (χ3v) is 4.86. The Morgan fingerprint density at radius 3 is 2.43 bits per heavy atom. The molecule has 0 heterocycles.